The standard InChI is InChI=1S/C24H34O5Si/c1-24(2,30(7,8)25)16-19-13-17(11-12-20(19)26-3)9-10-18-14-21(27-4)23(29-6)22(15-18)28-5/h9-15,25H,16H2,1-8H3/b10-9-. The number of rotatable bonds is 9. The highest BCUT2D eigenvalue weighted by Crippen LogP contribution is 2.41. The van der Waals surface area contributed by atoms with Gasteiger partial charge in [0.1, 0.15) is 5.75 Å². The van der Waals surface area contributed by atoms with Gasteiger partial charge in [-0.2, -0.15) is 0 Å². The first kappa shape index (κ1) is 23.8. The zero-order valence-electron chi connectivity index (χ0n) is 19.3. The molecule has 0 saturated carbocycles. The van der Waals surface area contributed by atoms with Crippen LogP contribution in [0.1, 0.15) is 30.5 Å². The predicted octanol–water partition coefficient (Wildman–Crippen LogP) is 5.41. The molecule has 2 aromatic rings. The van der Waals surface area contributed by atoms with Gasteiger partial charge in [-0.1, -0.05) is 32.1 Å². The monoisotopic (exact) mass is 430 g/mol. The van der Waals surface area contributed by atoms with Crippen LogP contribution in [0.4, 0.5) is 0 Å². The maximum atomic E-state index is 10.7. The van der Waals surface area contributed by atoms with Gasteiger partial charge < -0.3 is 23.7 Å². The summed E-state index contributed by atoms with van der Waals surface area (Å²) in [5.41, 5.74) is 3.07. The summed E-state index contributed by atoms with van der Waals surface area (Å²) in [7, 11) is 4.14. The quantitative estimate of drug-likeness (QED) is 0.426. The zero-order chi connectivity index (χ0) is 22.5. The van der Waals surface area contributed by atoms with Gasteiger partial charge in [-0.15, -0.1) is 0 Å². The van der Waals surface area contributed by atoms with Gasteiger partial charge in [0.2, 0.25) is 5.75 Å². The topological polar surface area (TPSA) is 57.2 Å². The molecule has 0 bridgehead atoms. The van der Waals surface area contributed by atoms with Crippen LogP contribution >= 0.6 is 0 Å². The number of hydrogen-bond acceptors (Lipinski definition) is 5. The first-order chi connectivity index (χ1) is 14.1. The molecule has 0 atom stereocenters. The van der Waals surface area contributed by atoms with Gasteiger partial charge in [-0.05, 0) is 65.5 Å². The maximum Gasteiger partial charge on any atom is 0.203 e. The van der Waals surface area contributed by atoms with Crippen LogP contribution in [0.2, 0.25) is 18.1 Å². The fraction of sp³-hybridized carbons (Fsp3) is 0.417. The highest BCUT2D eigenvalue weighted by atomic mass is 28.4. The summed E-state index contributed by atoms with van der Waals surface area (Å²) in [5.74, 6) is 2.64. The predicted molar refractivity (Wildman–Crippen MR) is 125 cm³/mol. The normalized spacial score (nSPS) is 12.2. The molecule has 0 heterocycles. The Morgan fingerprint density at radius 2 is 1.33 bits per heavy atom. The highest BCUT2D eigenvalue weighted by Gasteiger charge is 2.38. The lowest BCUT2D eigenvalue weighted by atomic mass is 9.98. The molecule has 0 unspecified atom stereocenters. The van der Waals surface area contributed by atoms with E-state index in [1.807, 2.05) is 49.5 Å². The first-order valence-electron chi connectivity index (χ1n) is 9.93. The van der Waals surface area contributed by atoms with E-state index in [1.54, 1.807) is 28.4 Å². The van der Waals surface area contributed by atoms with Gasteiger partial charge in [0.15, 0.2) is 19.8 Å². The second kappa shape index (κ2) is 9.58. The summed E-state index contributed by atoms with van der Waals surface area (Å²) in [6, 6.07) is 9.93. The van der Waals surface area contributed by atoms with Crippen LogP contribution in [0.15, 0.2) is 30.3 Å². The molecule has 0 fully saturated rings. The molecule has 5 nitrogen and oxygen atoms in total. The summed E-state index contributed by atoms with van der Waals surface area (Å²) < 4.78 is 21.8. The van der Waals surface area contributed by atoms with E-state index < -0.39 is 8.32 Å². The van der Waals surface area contributed by atoms with Crippen molar-refractivity contribution in [2.45, 2.75) is 38.4 Å². The van der Waals surface area contributed by atoms with Crippen molar-refractivity contribution in [3.05, 3.63) is 47.0 Å². The van der Waals surface area contributed by atoms with Gasteiger partial charge >= 0.3 is 0 Å². The van der Waals surface area contributed by atoms with Crippen LogP contribution in [0.3, 0.4) is 0 Å². The molecule has 0 radical (unpaired) electrons. The fourth-order valence-corrected chi connectivity index (χ4v) is 3.75. The molecule has 0 saturated heterocycles. The van der Waals surface area contributed by atoms with Crippen LogP contribution in [-0.2, 0) is 6.42 Å². The molecule has 0 aliphatic carbocycles. The summed E-state index contributed by atoms with van der Waals surface area (Å²) in [6.07, 6.45) is 4.79. The summed E-state index contributed by atoms with van der Waals surface area (Å²) in [4.78, 5) is 10.7. The Kier molecular flexibility index (Phi) is 7.61. The van der Waals surface area contributed by atoms with Gasteiger partial charge in [-0.3, -0.25) is 0 Å². The van der Waals surface area contributed by atoms with E-state index in [9.17, 15) is 4.80 Å². The largest absolute Gasteiger partial charge is 0.496 e. The van der Waals surface area contributed by atoms with E-state index in [4.69, 9.17) is 18.9 Å². The maximum absolute atomic E-state index is 10.7. The fourth-order valence-electron chi connectivity index (χ4n) is 3.12. The Morgan fingerprint density at radius 1 is 0.800 bits per heavy atom. The third kappa shape index (κ3) is 5.37. The van der Waals surface area contributed by atoms with Gasteiger partial charge in [0, 0.05) is 0 Å². The Bertz CT molecular complexity index is 872. The SMILES string of the molecule is COc1ccc(/C=C\c2cc(OC)c(OC)c(OC)c2)cc1CC(C)(C)[Si](C)(C)O. The molecule has 6 heteroatoms. The lowest BCUT2D eigenvalue weighted by Gasteiger charge is -2.35. The molecule has 164 valence electrons. The average Bonchev–Trinajstić information content (AvgIpc) is 2.70. The van der Waals surface area contributed by atoms with E-state index in [0.717, 1.165) is 28.9 Å². The number of hydrogen-bond donors (Lipinski definition) is 1. The van der Waals surface area contributed by atoms with Crippen LogP contribution in [0, 0.1) is 0 Å². The lowest BCUT2D eigenvalue weighted by molar-refractivity contribution is 0.324. The third-order valence-electron chi connectivity index (χ3n) is 5.75. The minimum atomic E-state index is -2.34. The van der Waals surface area contributed by atoms with Gasteiger partial charge in [0.05, 0.1) is 28.4 Å². The van der Waals surface area contributed by atoms with Crippen molar-refractivity contribution >= 4 is 20.5 Å². The van der Waals surface area contributed by atoms with Crippen molar-refractivity contribution in [1.29, 1.82) is 0 Å². The number of benzene rings is 2. The second-order valence-corrected chi connectivity index (χ2v) is 13.0. The molecule has 0 aliphatic heterocycles. The van der Waals surface area contributed by atoms with E-state index >= 15 is 0 Å². The van der Waals surface area contributed by atoms with Crippen LogP contribution < -0.4 is 18.9 Å². The molecule has 0 spiro atoms. The molecular formula is C24H34O5Si. The van der Waals surface area contributed by atoms with Crippen molar-refractivity contribution in [3.8, 4) is 23.0 Å². The smallest absolute Gasteiger partial charge is 0.203 e. The minimum Gasteiger partial charge on any atom is -0.496 e. The van der Waals surface area contributed by atoms with E-state index in [-0.39, 0.29) is 5.04 Å². The molecule has 0 aromatic heterocycles. The van der Waals surface area contributed by atoms with Crippen LogP contribution in [0.5, 0.6) is 23.0 Å². The molecule has 0 amide bonds. The van der Waals surface area contributed by atoms with Crippen LogP contribution in [-0.4, -0.2) is 41.6 Å². The molecule has 1 N–H and O–H groups in total. The van der Waals surface area contributed by atoms with E-state index in [0.29, 0.717) is 17.2 Å². The van der Waals surface area contributed by atoms with E-state index in [2.05, 4.69) is 19.9 Å². The minimum absolute atomic E-state index is 0.181. The summed E-state index contributed by atoms with van der Waals surface area (Å²) in [5, 5.41) is -0.181. The summed E-state index contributed by atoms with van der Waals surface area (Å²) >= 11 is 0. The Labute approximate surface area is 181 Å². The average molecular weight is 431 g/mol. The molecular weight excluding hydrogens is 396 g/mol. The molecule has 2 rings (SSSR count). The van der Waals surface area contributed by atoms with Crippen LogP contribution in [0.25, 0.3) is 12.2 Å². The van der Waals surface area contributed by atoms with Crippen molar-refractivity contribution in [3.63, 3.8) is 0 Å². The second-order valence-electron chi connectivity index (χ2n) is 8.48. The summed E-state index contributed by atoms with van der Waals surface area (Å²) in [6.45, 7) is 8.20. The lowest BCUT2D eigenvalue weighted by Crippen LogP contribution is -2.40. The number of ether oxygens (including phenoxy) is 4. The Balaban J connectivity index is 2.39. The molecule has 30 heavy (non-hydrogen) atoms. The molecule has 2 aromatic carbocycles. The van der Waals surface area contributed by atoms with Gasteiger partial charge in [-0.25, -0.2) is 0 Å². The zero-order valence-corrected chi connectivity index (χ0v) is 20.3. The number of methoxy groups -OCH3 is 4. The Hall–Kier alpha value is -2.44. The Morgan fingerprint density at radius 3 is 1.80 bits per heavy atom. The molecule has 0 aliphatic rings. The first-order valence-corrected chi connectivity index (χ1v) is 12.9. The third-order valence-corrected chi connectivity index (χ3v) is 9.24. The van der Waals surface area contributed by atoms with E-state index in [1.165, 1.54) is 0 Å². The van der Waals surface area contributed by atoms with Crippen molar-refractivity contribution in [2.75, 3.05) is 28.4 Å². The van der Waals surface area contributed by atoms with Gasteiger partial charge in [0.25, 0.3) is 0 Å². The van der Waals surface area contributed by atoms with Crippen molar-refractivity contribution in [1.82, 2.24) is 0 Å². The van der Waals surface area contributed by atoms with Crippen molar-refractivity contribution < 1.29 is 23.7 Å². The van der Waals surface area contributed by atoms with Crippen molar-refractivity contribution in [2.24, 2.45) is 0 Å². The highest BCUT2D eigenvalue weighted by molar-refractivity contribution is 6.72.